The second-order valence-electron chi connectivity index (χ2n) is 4.75. The highest BCUT2D eigenvalue weighted by atomic mass is 32.2. The fraction of sp³-hybridized carbons (Fsp3) is 0.133. The molecule has 0 bridgehead atoms. The summed E-state index contributed by atoms with van der Waals surface area (Å²) >= 11 is 0. The van der Waals surface area contributed by atoms with Crippen LogP contribution in [0.2, 0.25) is 0 Å². The van der Waals surface area contributed by atoms with Crippen LogP contribution in [0.1, 0.15) is 15.9 Å². The Bertz CT molecular complexity index is 761. The molecule has 2 rings (SSSR count). The van der Waals surface area contributed by atoms with Crippen LogP contribution in [0.3, 0.4) is 0 Å². The maximum absolute atomic E-state index is 12.6. The van der Waals surface area contributed by atoms with Gasteiger partial charge in [-0.05, 0) is 23.8 Å². The minimum Gasteiger partial charge on any atom is -0.290 e. The topological polar surface area (TPSA) is 92.5 Å². The minimum absolute atomic E-state index is 0.0482. The number of nitrogen functional groups attached to an aromatic ring is 1. The van der Waals surface area contributed by atoms with E-state index in [0.29, 0.717) is 0 Å². The molecule has 0 saturated carbocycles. The van der Waals surface area contributed by atoms with Gasteiger partial charge in [-0.15, -0.1) is 0 Å². The van der Waals surface area contributed by atoms with Gasteiger partial charge in [0.15, 0.2) is 0 Å². The summed E-state index contributed by atoms with van der Waals surface area (Å²) in [6, 6.07) is 15.0. The third-order valence-electron chi connectivity index (χ3n) is 3.18. The summed E-state index contributed by atoms with van der Waals surface area (Å²) in [7, 11) is -2.19. The van der Waals surface area contributed by atoms with Crippen molar-refractivity contribution in [2.45, 2.75) is 11.4 Å². The lowest BCUT2D eigenvalue weighted by Gasteiger charge is -2.17. The normalized spacial score (nSPS) is 11.4. The van der Waals surface area contributed by atoms with Gasteiger partial charge in [0.2, 0.25) is 10.0 Å². The second kappa shape index (κ2) is 6.69. The standard InChI is InChI=1S/C15H17N3O3S/c1-18(11-12-6-3-2-4-7-12)22(20,21)14-9-5-8-13(10-14)15(19)17-16/h2-10H,11,16H2,1H3,(H,17,19). The van der Waals surface area contributed by atoms with Crippen molar-refractivity contribution in [1.29, 1.82) is 0 Å². The molecule has 0 aliphatic carbocycles. The van der Waals surface area contributed by atoms with Gasteiger partial charge in [-0.3, -0.25) is 10.2 Å². The molecule has 22 heavy (non-hydrogen) atoms. The first-order chi connectivity index (χ1) is 10.4. The van der Waals surface area contributed by atoms with E-state index in [1.807, 2.05) is 35.8 Å². The lowest BCUT2D eigenvalue weighted by atomic mass is 10.2. The molecule has 0 heterocycles. The first-order valence-electron chi connectivity index (χ1n) is 6.56. The zero-order chi connectivity index (χ0) is 16.2. The Balaban J connectivity index is 2.28. The number of nitrogens with two attached hydrogens (primary N) is 1. The third kappa shape index (κ3) is 3.51. The molecule has 3 N–H and O–H groups in total. The number of benzene rings is 2. The molecular weight excluding hydrogens is 302 g/mol. The van der Waals surface area contributed by atoms with Crippen LogP contribution in [0, 0.1) is 0 Å². The smallest absolute Gasteiger partial charge is 0.265 e. The maximum atomic E-state index is 12.6. The SMILES string of the molecule is CN(Cc1ccccc1)S(=O)(=O)c1cccc(C(=O)NN)c1. The monoisotopic (exact) mass is 319 g/mol. The Morgan fingerprint density at radius 1 is 1.14 bits per heavy atom. The molecule has 116 valence electrons. The Hall–Kier alpha value is -2.22. The maximum Gasteiger partial charge on any atom is 0.265 e. The number of hydrogen-bond acceptors (Lipinski definition) is 4. The first kappa shape index (κ1) is 16.2. The fourth-order valence-corrected chi connectivity index (χ4v) is 3.19. The molecule has 6 nitrogen and oxygen atoms in total. The number of sulfonamides is 1. The van der Waals surface area contributed by atoms with Crippen molar-refractivity contribution < 1.29 is 13.2 Å². The van der Waals surface area contributed by atoms with Crippen molar-refractivity contribution in [2.75, 3.05) is 7.05 Å². The highest BCUT2D eigenvalue weighted by molar-refractivity contribution is 7.89. The number of hydrogen-bond donors (Lipinski definition) is 2. The van der Waals surface area contributed by atoms with Gasteiger partial charge >= 0.3 is 0 Å². The van der Waals surface area contributed by atoms with Crippen molar-refractivity contribution in [3.05, 3.63) is 65.7 Å². The quantitative estimate of drug-likeness (QED) is 0.490. The Morgan fingerprint density at radius 3 is 2.45 bits per heavy atom. The molecule has 0 aliphatic rings. The van der Waals surface area contributed by atoms with Crippen molar-refractivity contribution in [3.63, 3.8) is 0 Å². The van der Waals surface area contributed by atoms with Gasteiger partial charge in [-0.2, -0.15) is 4.31 Å². The van der Waals surface area contributed by atoms with Gasteiger partial charge < -0.3 is 0 Å². The number of hydrazine groups is 1. The molecule has 2 aromatic carbocycles. The number of rotatable bonds is 5. The average Bonchev–Trinajstić information content (AvgIpc) is 2.55. The fourth-order valence-electron chi connectivity index (χ4n) is 1.99. The average molecular weight is 319 g/mol. The van der Waals surface area contributed by atoms with Crippen LogP contribution < -0.4 is 11.3 Å². The van der Waals surface area contributed by atoms with E-state index >= 15 is 0 Å². The zero-order valence-electron chi connectivity index (χ0n) is 12.1. The van der Waals surface area contributed by atoms with Crippen LogP contribution in [-0.2, 0) is 16.6 Å². The number of carbonyl (C=O) groups is 1. The number of nitrogens with one attached hydrogen (secondary N) is 1. The Kier molecular flexibility index (Phi) is 4.92. The van der Waals surface area contributed by atoms with E-state index in [1.165, 1.54) is 35.6 Å². The van der Waals surface area contributed by atoms with Crippen molar-refractivity contribution in [2.24, 2.45) is 5.84 Å². The van der Waals surface area contributed by atoms with Crippen LogP contribution in [0.5, 0.6) is 0 Å². The zero-order valence-corrected chi connectivity index (χ0v) is 12.9. The molecule has 0 aromatic heterocycles. The van der Waals surface area contributed by atoms with Crippen LogP contribution in [0.25, 0.3) is 0 Å². The molecule has 0 saturated heterocycles. The number of carbonyl (C=O) groups excluding carboxylic acids is 1. The van der Waals surface area contributed by atoms with E-state index < -0.39 is 15.9 Å². The van der Waals surface area contributed by atoms with E-state index in [0.717, 1.165) is 5.56 Å². The number of amides is 1. The van der Waals surface area contributed by atoms with Crippen LogP contribution in [0.15, 0.2) is 59.5 Å². The molecule has 7 heteroatoms. The Morgan fingerprint density at radius 2 is 1.82 bits per heavy atom. The molecule has 0 aliphatic heterocycles. The molecular formula is C15H17N3O3S. The largest absolute Gasteiger partial charge is 0.290 e. The van der Waals surface area contributed by atoms with Crippen molar-refractivity contribution in [3.8, 4) is 0 Å². The lowest BCUT2D eigenvalue weighted by Crippen LogP contribution is -2.30. The van der Waals surface area contributed by atoms with Crippen molar-refractivity contribution in [1.82, 2.24) is 9.73 Å². The molecule has 0 spiro atoms. The third-order valence-corrected chi connectivity index (χ3v) is 4.98. The van der Waals surface area contributed by atoms with E-state index in [2.05, 4.69) is 0 Å². The molecule has 0 fully saturated rings. The highest BCUT2D eigenvalue weighted by Gasteiger charge is 2.21. The summed E-state index contributed by atoms with van der Waals surface area (Å²) in [5.41, 5.74) is 3.05. The van der Waals surface area contributed by atoms with E-state index in [4.69, 9.17) is 5.84 Å². The summed E-state index contributed by atoms with van der Waals surface area (Å²) in [5.74, 6) is 4.53. The molecule has 2 aromatic rings. The molecule has 1 amide bonds. The van der Waals surface area contributed by atoms with E-state index in [-0.39, 0.29) is 17.0 Å². The minimum atomic E-state index is -3.69. The van der Waals surface area contributed by atoms with E-state index in [9.17, 15) is 13.2 Å². The van der Waals surface area contributed by atoms with Crippen molar-refractivity contribution >= 4 is 15.9 Å². The summed E-state index contributed by atoms with van der Waals surface area (Å²) in [6.07, 6.45) is 0. The molecule has 0 unspecified atom stereocenters. The van der Waals surface area contributed by atoms with Gasteiger partial charge in [-0.1, -0.05) is 36.4 Å². The van der Waals surface area contributed by atoms with Gasteiger partial charge in [0, 0.05) is 19.2 Å². The van der Waals surface area contributed by atoms with Gasteiger partial charge in [0.25, 0.3) is 5.91 Å². The summed E-state index contributed by atoms with van der Waals surface area (Å²) in [5, 5.41) is 0. The van der Waals surface area contributed by atoms with Gasteiger partial charge in [-0.25, -0.2) is 14.3 Å². The summed E-state index contributed by atoms with van der Waals surface area (Å²) in [4.78, 5) is 11.6. The summed E-state index contributed by atoms with van der Waals surface area (Å²) in [6.45, 7) is 0.247. The van der Waals surface area contributed by atoms with Crippen LogP contribution >= 0.6 is 0 Å². The summed E-state index contributed by atoms with van der Waals surface area (Å²) < 4.78 is 26.4. The van der Waals surface area contributed by atoms with Crippen LogP contribution in [0.4, 0.5) is 0 Å². The van der Waals surface area contributed by atoms with E-state index in [1.54, 1.807) is 0 Å². The molecule has 0 radical (unpaired) electrons. The lowest BCUT2D eigenvalue weighted by molar-refractivity contribution is 0.0953. The molecule has 0 atom stereocenters. The predicted molar refractivity (Wildman–Crippen MR) is 83.2 cm³/mol. The highest BCUT2D eigenvalue weighted by Crippen LogP contribution is 2.18. The predicted octanol–water partition coefficient (Wildman–Crippen LogP) is 1.11. The van der Waals surface area contributed by atoms with Gasteiger partial charge in [0.1, 0.15) is 0 Å². The van der Waals surface area contributed by atoms with Crippen LogP contribution in [-0.4, -0.2) is 25.7 Å². The first-order valence-corrected chi connectivity index (χ1v) is 8.00. The second-order valence-corrected chi connectivity index (χ2v) is 6.79. The number of nitrogens with zero attached hydrogens (tertiary/aromatic N) is 1. The van der Waals surface area contributed by atoms with Gasteiger partial charge in [0.05, 0.1) is 4.90 Å². The Labute approximate surface area is 129 Å².